The van der Waals surface area contributed by atoms with E-state index >= 15 is 0 Å². The van der Waals surface area contributed by atoms with Gasteiger partial charge in [-0.15, -0.1) is 0 Å². The molecule has 2 unspecified atom stereocenters. The summed E-state index contributed by atoms with van der Waals surface area (Å²) in [4.78, 5) is 11.2. The van der Waals surface area contributed by atoms with Gasteiger partial charge >= 0.3 is 5.97 Å². The number of hydrogen-bond acceptors (Lipinski definition) is 4. The molecule has 2 atom stereocenters. The van der Waals surface area contributed by atoms with E-state index in [1.165, 1.54) is 7.11 Å². The summed E-state index contributed by atoms with van der Waals surface area (Å²) < 4.78 is 9.90. The van der Waals surface area contributed by atoms with Crippen molar-refractivity contribution >= 4 is 17.7 Å². The van der Waals surface area contributed by atoms with Crippen molar-refractivity contribution in [3.8, 4) is 0 Å². The van der Waals surface area contributed by atoms with Gasteiger partial charge in [0, 0.05) is 12.9 Å². The molecular weight excluding hydrogens is 176 g/mol. The van der Waals surface area contributed by atoms with Crippen molar-refractivity contribution in [2.24, 2.45) is 5.92 Å². The molecule has 0 radical (unpaired) electrons. The Balaban J connectivity index is 2.52. The smallest absolute Gasteiger partial charge is 0.312 e. The second-order valence-electron chi connectivity index (χ2n) is 2.77. The summed E-state index contributed by atoms with van der Waals surface area (Å²) in [7, 11) is 3.07. The Morgan fingerprint density at radius 1 is 1.50 bits per heavy atom. The van der Waals surface area contributed by atoms with Crippen molar-refractivity contribution in [1.82, 2.24) is 0 Å². The van der Waals surface area contributed by atoms with Crippen molar-refractivity contribution in [3.63, 3.8) is 0 Å². The van der Waals surface area contributed by atoms with E-state index in [9.17, 15) is 4.79 Å². The van der Waals surface area contributed by atoms with Gasteiger partial charge < -0.3 is 9.47 Å². The van der Waals surface area contributed by atoms with Gasteiger partial charge in [0.15, 0.2) is 0 Å². The van der Waals surface area contributed by atoms with Gasteiger partial charge in [-0.1, -0.05) is 0 Å². The van der Waals surface area contributed by atoms with Gasteiger partial charge in [-0.3, -0.25) is 4.79 Å². The van der Waals surface area contributed by atoms with Crippen LogP contribution < -0.4 is 0 Å². The summed E-state index contributed by atoms with van der Waals surface area (Å²) in [6, 6.07) is 0. The van der Waals surface area contributed by atoms with Gasteiger partial charge in [0.1, 0.15) is 0 Å². The molecule has 3 nitrogen and oxygen atoms in total. The first kappa shape index (κ1) is 9.86. The highest BCUT2D eigenvalue weighted by molar-refractivity contribution is 7.99. The van der Waals surface area contributed by atoms with Gasteiger partial charge in [-0.05, 0) is 12.2 Å². The second kappa shape index (κ2) is 4.72. The fraction of sp³-hybridized carbons (Fsp3) is 0.875. The maximum Gasteiger partial charge on any atom is 0.312 e. The SMILES string of the molecule is COC(=O)C1CSCCC1OC. The number of hydrogen-bond donors (Lipinski definition) is 0. The number of ether oxygens (including phenoxy) is 2. The molecule has 1 aliphatic rings. The molecule has 0 aromatic rings. The molecule has 0 spiro atoms. The van der Waals surface area contributed by atoms with Crippen LogP contribution in [0.15, 0.2) is 0 Å². The second-order valence-corrected chi connectivity index (χ2v) is 3.92. The molecule has 0 aliphatic carbocycles. The van der Waals surface area contributed by atoms with Crippen LogP contribution in [0.25, 0.3) is 0 Å². The highest BCUT2D eigenvalue weighted by Gasteiger charge is 2.31. The van der Waals surface area contributed by atoms with E-state index in [4.69, 9.17) is 4.74 Å². The van der Waals surface area contributed by atoms with Crippen molar-refractivity contribution in [2.45, 2.75) is 12.5 Å². The van der Waals surface area contributed by atoms with Crippen LogP contribution >= 0.6 is 11.8 Å². The minimum Gasteiger partial charge on any atom is -0.469 e. The number of carbonyl (C=O) groups is 1. The maximum atomic E-state index is 11.2. The zero-order valence-corrected chi connectivity index (χ0v) is 8.23. The molecule has 1 aliphatic heterocycles. The topological polar surface area (TPSA) is 35.5 Å². The summed E-state index contributed by atoms with van der Waals surface area (Å²) in [6.07, 6.45) is 1.000. The zero-order chi connectivity index (χ0) is 8.97. The van der Waals surface area contributed by atoms with E-state index < -0.39 is 0 Å². The molecule has 1 rings (SSSR count). The van der Waals surface area contributed by atoms with Gasteiger partial charge in [0.2, 0.25) is 0 Å². The first-order valence-corrected chi connectivity index (χ1v) is 5.13. The fourth-order valence-electron chi connectivity index (χ4n) is 1.37. The van der Waals surface area contributed by atoms with E-state index in [0.29, 0.717) is 0 Å². The van der Waals surface area contributed by atoms with Crippen LogP contribution in [0.3, 0.4) is 0 Å². The van der Waals surface area contributed by atoms with Crippen LogP contribution in [-0.2, 0) is 14.3 Å². The number of rotatable bonds is 2. The Hall–Kier alpha value is -0.220. The first-order chi connectivity index (χ1) is 5.79. The average Bonchev–Trinajstić information content (AvgIpc) is 2.16. The highest BCUT2D eigenvalue weighted by atomic mass is 32.2. The third-order valence-corrected chi connectivity index (χ3v) is 3.22. The third-order valence-electron chi connectivity index (χ3n) is 2.10. The largest absolute Gasteiger partial charge is 0.469 e. The number of methoxy groups -OCH3 is 2. The first-order valence-electron chi connectivity index (χ1n) is 3.98. The lowest BCUT2D eigenvalue weighted by Gasteiger charge is -2.27. The lowest BCUT2D eigenvalue weighted by Crippen LogP contribution is -2.36. The third kappa shape index (κ3) is 2.14. The average molecular weight is 190 g/mol. The molecule has 0 amide bonds. The Morgan fingerprint density at radius 2 is 2.25 bits per heavy atom. The van der Waals surface area contributed by atoms with E-state index in [-0.39, 0.29) is 18.0 Å². The molecule has 1 heterocycles. The van der Waals surface area contributed by atoms with Crippen molar-refractivity contribution < 1.29 is 14.3 Å². The molecule has 1 fully saturated rings. The monoisotopic (exact) mass is 190 g/mol. The molecule has 70 valence electrons. The molecule has 0 bridgehead atoms. The zero-order valence-electron chi connectivity index (χ0n) is 7.41. The van der Waals surface area contributed by atoms with Crippen LogP contribution in [0.2, 0.25) is 0 Å². The Kier molecular flexibility index (Phi) is 3.88. The maximum absolute atomic E-state index is 11.2. The van der Waals surface area contributed by atoms with Gasteiger partial charge in [0.25, 0.3) is 0 Å². The van der Waals surface area contributed by atoms with Crippen LogP contribution in [-0.4, -0.2) is 37.8 Å². The van der Waals surface area contributed by atoms with Crippen molar-refractivity contribution in [3.05, 3.63) is 0 Å². The van der Waals surface area contributed by atoms with E-state index in [0.717, 1.165) is 17.9 Å². The Labute approximate surface area is 76.8 Å². The Bertz CT molecular complexity index is 160. The van der Waals surface area contributed by atoms with Crippen LogP contribution in [0, 0.1) is 5.92 Å². The van der Waals surface area contributed by atoms with E-state index in [1.54, 1.807) is 18.9 Å². The normalized spacial score (nSPS) is 29.8. The molecule has 0 N–H and O–H groups in total. The van der Waals surface area contributed by atoms with Crippen molar-refractivity contribution in [2.75, 3.05) is 25.7 Å². The van der Waals surface area contributed by atoms with Gasteiger partial charge in [-0.2, -0.15) is 11.8 Å². The standard InChI is InChI=1S/C8H14O3S/c1-10-7-3-4-12-5-6(7)8(9)11-2/h6-7H,3-5H2,1-2H3. The molecular formula is C8H14O3S. The lowest BCUT2D eigenvalue weighted by atomic mass is 10.0. The summed E-state index contributed by atoms with van der Waals surface area (Å²) >= 11 is 1.78. The minimum absolute atomic E-state index is 0.0544. The van der Waals surface area contributed by atoms with Crippen LogP contribution in [0.1, 0.15) is 6.42 Å². The number of carbonyl (C=O) groups excluding carboxylic acids is 1. The molecule has 12 heavy (non-hydrogen) atoms. The molecule has 0 aromatic heterocycles. The molecule has 0 saturated carbocycles. The fourth-order valence-corrected chi connectivity index (χ4v) is 2.54. The van der Waals surface area contributed by atoms with Crippen LogP contribution in [0.5, 0.6) is 0 Å². The quantitative estimate of drug-likeness (QED) is 0.607. The molecule has 4 heteroatoms. The lowest BCUT2D eigenvalue weighted by molar-refractivity contribution is -0.149. The number of thioether (sulfide) groups is 1. The van der Waals surface area contributed by atoms with Gasteiger partial charge in [0.05, 0.1) is 19.1 Å². The Morgan fingerprint density at radius 3 is 2.83 bits per heavy atom. The van der Waals surface area contributed by atoms with Gasteiger partial charge in [-0.25, -0.2) is 0 Å². The number of esters is 1. The van der Waals surface area contributed by atoms with E-state index in [1.807, 2.05) is 0 Å². The summed E-state index contributed by atoms with van der Waals surface area (Å²) in [5.41, 5.74) is 0. The highest BCUT2D eigenvalue weighted by Crippen LogP contribution is 2.25. The summed E-state index contributed by atoms with van der Waals surface area (Å²) in [5.74, 6) is 1.68. The van der Waals surface area contributed by atoms with E-state index in [2.05, 4.69) is 4.74 Å². The van der Waals surface area contributed by atoms with Crippen LogP contribution in [0.4, 0.5) is 0 Å². The molecule has 1 saturated heterocycles. The predicted octanol–water partition coefficient (Wildman–Crippen LogP) is 0.927. The summed E-state index contributed by atoms with van der Waals surface area (Å²) in [5, 5.41) is 0. The predicted molar refractivity (Wildman–Crippen MR) is 48.2 cm³/mol. The van der Waals surface area contributed by atoms with Crippen molar-refractivity contribution in [1.29, 1.82) is 0 Å². The summed E-state index contributed by atoms with van der Waals surface area (Å²) in [6.45, 7) is 0. The minimum atomic E-state index is -0.144. The molecule has 0 aromatic carbocycles.